The summed E-state index contributed by atoms with van der Waals surface area (Å²) in [5, 5.41) is 6.02. The Hall–Kier alpha value is -2.98. The Bertz CT molecular complexity index is 894. The highest BCUT2D eigenvalue weighted by Gasteiger charge is 2.21. The molecule has 0 saturated carbocycles. The van der Waals surface area contributed by atoms with E-state index in [-0.39, 0.29) is 17.6 Å². The molecule has 3 aromatic carbocycles. The molecule has 0 spiro atoms. The number of aryl methyl sites for hydroxylation is 1. The molecular formula is C23H23FN2O. The molecule has 3 nitrogen and oxygen atoms in total. The average molecular weight is 362 g/mol. The third-order valence-electron chi connectivity index (χ3n) is 4.49. The van der Waals surface area contributed by atoms with Gasteiger partial charge in [-0.1, -0.05) is 72.3 Å². The molecule has 2 atom stereocenters. The first-order chi connectivity index (χ1) is 13.0. The van der Waals surface area contributed by atoms with Crippen molar-refractivity contribution in [3.05, 3.63) is 101 Å². The van der Waals surface area contributed by atoms with Crippen LogP contribution in [0.4, 0.5) is 10.1 Å². The van der Waals surface area contributed by atoms with E-state index in [2.05, 4.69) is 34.9 Å². The number of anilines is 1. The fraction of sp³-hybridized carbons (Fsp3) is 0.174. The van der Waals surface area contributed by atoms with Crippen LogP contribution < -0.4 is 10.6 Å². The van der Waals surface area contributed by atoms with Crippen molar-refractivity contribution in [3.8, 4) is 0 Å². The molecule has 27 heavy (non-hydrogen) atoms. The molecule has 2 N–H and O–H groups in total. The first-order valence-corrected chi connectivity index (χ1v) is 8.97. The van der Waals surface area contributed by atoms with Gasteiger partial charge in [0.15, 0.2) is 0 Å². The van der Waals surface area contributed by atoms with Gasteiger partial charge in [-0.05, 0) is 37.1 Å². The van der Waals surface area contributed by atoms with Gasteiger partial charge in [0.25, 0.3) is 0 Å². The number of carbonyl (C=O) groups is 1. The van der Waals surface area contributed by atoms with E-state index in [9.17, 15) is 9.18 Å². The number of rotatable bonds is 6. The maximum atomic E-state index is 13.8. The molecule has 0 heterocycles. The molecule has 138 valence electrons. The SMILES string of the molecule is Cc1ccc([C@H](N[C@H](C)C(=O)Nc2ccccc2F)c2ccccc2)cc1. The van der Waals surface area contributed by atoms with Crippen molar-refractivity contribution in [1.82, 2.24) is 5.32 Å². The van der Waals surface area contributed by atoms with Gasteiger partial charge in [0.2, 0.25) is 5.91 Å². The number of halogens is 1. The van der Waals surface area contributed by atoms with E-state index in [1.165, 1.54) is 11.6 Å². The van der Waals surface area contributed by atoms with Gasteiger partial charge in [-0.3, -0.25) is 10.1 Å². The predicted octanol–water partition coefficient (Wildman–Crippen LogP) is 4.84. The molecule has 0 unspecified atom stereocenters. The molecular weight excluding hydrogens is 339 g/mol. The van der Waals surface area contributed by atoms with Crippen molar-refractivity contribution in [1.29, 1.82) is 0 Å². The maximum Gasteiger partial charge on any atom is 0.241 e. The van der Waals surface area contributed by atoms with E-state index >= 15 is 0 Å². The molecule has 0 saturated heterocycles. The number of amides is 1. The monoisotopic (exact) mass is 362 g/mol. The van der Waals surface area contributed by atoms with Crippen LogP contribution in [0.15, 0.2) is 78.9 Å². The summed E-state index contributed by atoms with van der Waals surface area (Å²) in [6.07, 6.45) is 0. The summed E-state index contributed by atoms with van der Waals surface area (Å²) >= 11 is 0. The number of nitrogens with one attached hydrogen (secondary N) is 2. The summed E-state index contributed by atoms with van der Waals surface area (Å²) in [5.74, 6) is -0.732. The highest BCUT2D eigenvalue weighted by Crippen LogP contribution is 2.23. The molecule has 0 aliphatic carbocycles. The summed E-state index contributed by atoms with van der Waals surface area (Å²) in [5.41, 5.74) is 3.49. The molecule has 1 amide bonds. The first-order valence-electron chi connectivity index (χ1n) is 8.97. The maximum absolute atomic E-state index is 13.8. The van der Waals surface area contributed by atoms with E-state index in [4.69, 9.17) is 0 Å². The van der Waals surface area contributed by atoms with E-state index in [0.29, 0.717) is 0 Å². The van der Waals surface area contributed by atoms with Gasteiger partial charge in [0.05, 0.1) is 17.8 Å². The van der Waals surface area contributed by atoms with Crippen LogP contribution in [-0.2, 0) is 4.79 Å². The Morgan fingerprint density at radius 2 is 1.44 bits per heavy atom. The lowest BCUT2D eigenvalue weighted by Crippen LogP contribution is -2.40. The Morgan fingerprint density at radius 1 is 0.852 bits per heavy atom. The minimum Gasteiger partial charge on any atom is -0.322 e. The number of hydrogen-bond acceptors (Lipinski definition) is 2. The molecule has 3 aromatic rings. The van der Waals surface area contributed by atoms with Crippen molar-refractivity contribution < 1.29 is 9.18 Å². The lowest BCUT2D eigenvalue weighted by Gasteiger charge is -2.24. The first kappa shape index (κ1) is 18.8. The lowest BCUT2D eigenvalue weighted by atomic mass is 9.97. The Labute approximate surface area is 159 Å². The lowest BCUT2D eigenvalue weighted by molar-refractivity contribution is -0.117. The molecule has 4 heteroatoms. The Kier molecular flexibility index (Phi) is 5.99. The molecule has 0 fully saturated rings. The van der Waals surface area contributed by atoms with Gasteiger partial charge in [-0.2, -0.15) is 0 Å². The van der Waals surface area contributed by atoms with Crippen LogP contribution >= 0.6 is 0 Å². The standard InChI is InChI=1S/C23H23FN2O/c1-16-12-14-19(15-13-16)22(18-8-4-3-5-9-18)25-17(2)23(27)26-21-11-7-6-10-20(21)24/h3-15,17,22,25H,1-2H3,(H,26,27)/t17-,22-/m1/s1. The van der Waals surface area contributed by atoms with Gasteiger partial charge in [-0.25, -0.2) is 4.39 Å². The van der Waals surface area contributed by atoms with Crippen molar-refractivity contribution in [3.63, 3.8) is 0 Å². The molecule has 0 aliphatic rings. The second kappa shape index (κ2) is 8.60. The van der Waals surface area contributed by atoms with Crippen molar-refractivity contribution in [2.45, 2.75) is 25.9 Å². The largest absolute Gasteiger partial charge is 0.322 e. The zero-order valence-corrected chi connectivity index (χ0v) is 15.4. The Morgan fingerprint density at radius 3 is 2.11 bits per heavy atom. The van der Waals surface area contributed by atoms with Crippen LogP contribution in [0.2, 0.25) is 0 Å². The number of carbonyl (C=O) groups excluding carboxylic acids is 1. The quantitative estimate of drug-likeness (QED) is 0.659. The van der Waals surface area contributed by atoms with Gasteiger partial charge in [-0.15, -0.1) is 0 Å². The van der Waals surface area contributed by atoms with Gasteiger partial charge < -0.3 is 5.32 Å². The highest BCUT2D eigenvalue weighted by atomic mass is 19.1. The summed E-state index contributed by atoms with van der Waals surface area (Å²) < 4.78 is 13.8. The zero-order chi connectivity index (χ0) is 19.2. The minimum absolute atomic E-state index is 0.145. The number of benzene rings is 3. The fourth-order valence-electron chi connectivity index (χ4n) is 2.92. The van der Waals surface area contributed by atoms with Crippen LogP contribution in [-0.4, -0.2) is 11.9 Å². The van der Waals surface area contributed by atoms with Crippen LogP contribution in [0.1, 0.15) is 29.7 Å². The second-order valence-electron chi connectivity index (χ2n) is 6.61. The second-order valence-corrected chi connectivity index (χ2v) is 6.61. The van der Waals surface area contributed by atoms with E-state index in [0.717, 1.165) is 11.1 Å². The average Bonchev–Trinajstić information content (AvgIpc) is 2.69. The highest BCUT2D eigenvalue weighted by molar-refractivity contribution is 5.94. The zero-order valence-electron chi connectivity index (χ0n) is 15.4. The van der Waals surface area contributed by atoms with E-state index < -0.39 is 11.9 Å². The van der Waals surface area contributed by atoms with Crippen LogP contribution in [0.3, 0.4) is 0 Å². The summed E-state index contributed by atoms with van der Waals surface area (Å²) in [7, 11) is 0. The smallest absolute Gasteiger partial charge is 0.241 e. The van der Waals surface area contributed by atoms with Gasteiger partial charge >= 0.3 is 0 Å². The molecule has 0 bridgehead atoms. The fourth-order valence-corrected chi connectivity index (χ4v) is 2.92. The van der Waals surface area contributed by atoms with Crippen molar-refractivity contribution >= 4 is 11.6 Å². The topological polar surface area (TPSA) is 41.1 Å². The molecule has 0 radical (unpaired) electrons. The van der Waals surface area contributed by atoms with Crippen LogP contribution in [0, 0.1) is 12.7 Å². The van der Waals surface area contributed by atoms with E-state index in [1.807, 2.05) is 37.3 Å². The summed E-state index contributed by atoms with van der Waals surface area (Å²) in [6.45, 7) is 3.82. The van der Waals surface area contributed by atoms with Crippen molar-refractivity contribution in [2.24, 2.45) is 0 Å². The van der Waals surface area contributed by atoms with Crippen LogP contribution in [0.25, 0.3) is 0 Å². The summed E-state index contributed by atoms with van der Waals surface area (Å²) in [6, 6.07) is 23.7. The van der Waals surface area contributed by atoms with Crippen LogP contribution in [0.5, 0.6) is 0 Å². The molecule has 0 aromatic heterocycles. The van der Waals surface area contributed by atoms with Crippen molar-refractivity contribution in [2.75, 3.05) is 5.32 Å². The molecule has 3 rings (SSSR count). The number of hydrogen-bond donors (Lipinski definition) is 2. The summed E-state index contributed by atoms with van der Waals surface area (Å²) in [4.78, 5) is 12.6. The molecule has 0 aliphatic heterocycles. The third-order valence-corrected chi connectivity index (χ3v) is 4.49. The Balaban J connectivity index is 1.80. The third kappa shape index (κ3) is 4.80. The van der Waals surface area contributed by atoms with Gasteiger partial charge in [0, 0.05) is 0 Å². The number of para-hydroxylation sites is 1. The normalized spacial score (nSPS) is 13.0. The van der Waals surface area contributed by atoms with Gasteiger partial charge in [0.1, 0.15) is 5.82 Å². The predicted molar refractivity (Wildman–Crippen MR) is 107 cm³/mol. The van der Waals surface area contributed by atoms with E-state index in [1.54, 1.807) is 25.1 Å². The minimum atomic E-state index is -0.517.